The van der Waals surface area contributed by atoms with E-state index in [4.69, 9.17) is 0 Å². The number of aromatic nitrogens is 2. The number of alkyl halides is 2. The van der Waals surface area contributed by atoms with Gasteiger partial charge in [0.25, 0.3) is 5.92 Å². The molecule has 2 aromatic rings. The van der Waals surface area contributed by atoms with Crippen LogP contribution in [0.1, 0.15) is 24.4 Å². The Morgan fingerprint density at radius 2 is 1.96 bits per heavy atom. The average Bonchev–Trinajstić information content (AvgIpc) is 3.08. The maximum Gasteiger partial charge on any atom is 0.317 e. The Balaban J connectivity index is 1.68. The summed E-state index contributed by atoms with van der Waals surface area (Å²) in [5, 5.41) is 2.96. The molecule has 2 heterocycles. The molecule has 7 heteroatoms. The molecule has 1 aromatic carbocycles. The summed E-state index contributed by atoms with van der Waals surface area (Å²) in [6.45, 7) is 0.677. The van der Waals surface area contributed by atoms with Crippen molar-refractivity contribution < 1.29 is 13.6 Å². The molecule has 1 fully saturated rings. The predicted octanol–water partition coefficient (Wildman–Crippen LogP) is 3.07. The molecule has 0 bridgehead atoms. The van der Waals surface area contributed by atoms with E-state index in [1.165, 1.54) is 4.90 Å². The van der Waals surface area contributed by atoms with Gasteiger partial charge in [0.2, 0.25) is 0 Å². The molecule has 1 saturated heterocycles. The number of halogens is 2. The average molecular weight is 334 g/mol. The van der Waals surface area contributed by atoms with Crippen LogP contribution in [0.25, 0.3) is 0 Å². The van der Waals surface area contributed by atoms with Crippen molar-refractivity contribution in [3.05, 3.63) is 54.6 Å². The second-order valence-corrected chi connectivity index (χ2v) is 6.02. The lowest BCUT2D eigenvalue weighted by Crippen LogP contribution is -2.48. The first kappa shape index (κ1) is 16.4. The molecule has 0 spiro atoms. The van der Waals surface area contributed by atoms with Crippen molar-refractivity contribution in [1.29, 1.82) is 0 Å². The highest BCUT2D eigenvalue weighted by molar-refractivity contribution is 5.74. The molecule has 3 rings (SSSR count). The lowest BCUT2D eigenvalue weighted by molar-refractivity contribution is -0.0471. The van der Waals surface area contributed by atoms with Crippen LogP contribution in [0, 0.1) is 0 Å². The number of likely N-dealkylation sites (tertiary alicyclic amines) is 1. The number of carbonyl (C=O) groups is 1. The van der Waals surface area contributed by atoms with Gasteiger partial charge in [-0.25, -0.2) is 18.6 Å². The molecular formula is C17H20F2N4O. The third-order valence-electron chi connectivity index (χ3n) is 4.23. The van der Waals surface area contributed by atoms with Crippen molar-refractivity contribution in [1.82, 2.24) is 19.8 Å². The molecule has 24 heavy (non-hydrogen) atoms. The summed E-state index contributed by atoms with van der Waals surface area (Å²) in [5.74, 6) is -2.66. The van der Waals surface area contributed by atoms with Crippen LogP contribution in [-0.4, -0.2) is 39.5 Å². The topological polar surface area (TPSA) is 50.2 Å². The van der Waals surface area contributed by atoms with Crippen molar-refractivity contribution in [3.63, 3.8) is 0 Å². The largest absolute Gasteiger partial charge is 0.335 e. The van der Waals surface area contributed by atoms with Gasteiger partial charge in [-0.2, -0.15) is 0 Å². The molecule has 1 aromatic heterocycles. The van der Waals surface area contributed by atoms with Crippen LogP contribution in [-0.2, 0) is 6.54 Å². The minimum Gasteiger partial charge on any atom is -0.335 e. The Morgan fingerprint density at radius 1 is 1.25 bits per heavy atom. The SMILES string of the molecule is O=C(NC(Cn1ccnc1)c1ccccc1)N1CCC(F)(F)CC1. The molecule has 1 aliphatic heterocycles. The van der Waals surface area contributed by atoms with E-state index in [1.54, 1.807) is 12.5 Å². The first-order valence-electron chi connectivity index (χ1n) is 7.97. The Morgan fingerprint density at radius 3 is 2.58 bits per heavy atom. The lowest BCUT2D eigenvalue weighted by atomic mass is 10.1. The number of rotatable bonds is 4. The molecule has 1 unspecified atom stereocenters. The van der Waals surface area contributed by atoms with E-state index in [2.05, 4.69) is 10.3 Å². The van der Waals surface area contributed by atoms with Gasteiger partial charge in [0.1, 0.15) is 0 Å². The first-order chi connectivity index (χ1) is 11.5. The lowest BCUT2D eigenvalue weighted by Gasteiger charge is -2.33. The van der Waals surface area contributed by atoms with Crippen molar-refractivity contribution >= 4 is 6.03 Å². The quantitative estimate of drug-likeness (QED) is 0.934. The fraction of sp³-hybridized carbons (Fsp3) is 0.412. The molecule has 0 aliphatic carbocycles. The van der Waals surface area contributed by atoms with Crippen LogP contribution in [0.15, 0.2) is 49.1 Å². The smallest absolute Gasteiger partial charge is 0.317 e. The standard InChI is InChI=1S/C17H20F2N4O/c18-17(19)6-9-23(10-7-17)16(24)21-15(12-22-11-8-20-13-22)14-4-2-1-3-5-14/h1-5,8,11,13,15H,6-7,9-10,12H2,(H,21,24). The Labute approximate surface area is 139 Å². The van der Waals surface area contributed by atoms with Gasteiger partial charge in [-0.15, -0.1) is 0 Å². The number of nitrogens with one attached hydrogen (secondary N) is 1. The summed E-state index contributed by atoms with van der Waals surface area (Å²) in [5.41, 5.74) is 0.960. The zero-order valence-electron chi connectivity index (χ0n) is 13.2. The number of benzene rings is 1. The van der Waals surface area contributed by atoms with Gasteiger partial charge in [-0.3, -0.25) is 0 Å². The van der Waals surface area contributed by atoms with Gasteiger partial charge in [-0.05, 0) is 5.56 Å². The Hall–Kier alpha value is -2.44. The molecule has 1 aliphatic rings. The number of hydrogen-bond acceptors (Lipinski definition) is 2. The van der Waals surface area contributed by atoms with Crippen LogP contribution in [0.5, 0.6) is 0 Å². The van der Waals surface area contributed by atoms with E-state index in [0.717, 1.165) is 5.56 Å². The maximum atomic E-state index is 13.3. The number of nitrogens with zero attached hydrogens (tertiary/aromatic N) is 3. The van der Waals surface area contributed by atoms with Crippen LogP contribution in [0.2, 0.25) is 0 Å². The zero-order valence-corrected chi connectivity index (χ0v) is 13.2. The summed E-state index contributed by atoms with van der Waals surface area (Å²) in [4.78, 5) is 17.9. The monoisotopic (exact) mass is 334 g/mol. The maximum absolute atomic E-state index is 13.3. The highest BCUT2D eigenvalue weighted by Crippen LogP contribution is 2.28. The number of piperidine rings is 1. The zero-order chi connectivity index (χ0) is 17.0. The fourth-order valence-corrected chi connectivity index (χ4v) is 2.80. The van der Waals surface area contributed by atoms with E-state index in [1.807, 2.05) is 41.1 Å². The summed E-state index contributed by atoms with van der Waals surface area (Å²) in [6.07, 6.45) is 4.62. The van der Waals surface area contributed by atoms with Crippen LogP contribution in [0.3, 0.4) is 0 Å². The third-order valence-corrected chi connectivity index (χ3v) is 4.23. The molecule has 2 amide bonds. The fourth-order valence-electron chi connectivity index (χ4n) is 2.80. The van der Waals surface area contributed by atoms with E-state index < -0.39 is 5.92 Å². The second-order valence-electron chi connectivity index (χ2n) is 6.02. The third kappa shape index (κ3) is 4.10. The van der Waals surface area contributed by atoms with E-state index in [-0.39, 0.29) is 38.0 Å². The summed E-state index contributed by atoms with van der Waals surface area (Å²) in [6, 6.07) is 9.04. The van der Waals surface area contributed by atoms with Crippen LogP contribution < -0.4 is 5.32 Å². The minimum atomic E-state index is -2.66. The first-order valence-corrected chi connectivity index (χ1v) is 7.97. The molecule has 0 radical (unpaired) electrons. The molecular weight excluding hydrogens is 314 g/mol. The van der Waals surface area contributed by atoms with Gasteiger partial charge in [0.05, 0.1) is 12.4 Å². The summed E-state index contributed by atoms with van der Waals surface area (Å²) >= 11 is 0. The van der Waals surface area contributed by atoms with E-state index >= 15 is 0 Å². The highest BCUT2D eigenvalue weighted by atomic mass is 19.3. The number of urea groups is 1. The van der Waals surface area contributed by atoms with Gasteiger partial charge < -0.3 is 14.8 Å². The predicted molar refractivity (Wildman–Crippen MR) is 85.7 cm³/mol. The van der Waals surface area contributed by atoms with Crippen molar-refractivity contribution in [3.8, 4) is 0 Å². The molecule has 1 N–H and O–H groups in total. The highest BCUT2D eigenvalue weighted by Gasteiger charge is 2.36. The van der Waals surface area contributed by atoms with Crippen LogP contribution in [0.4, 0.5) is 13.6 Å². The number of hydrogen-bond donors (Lipinski definition) is 1. The minimum absolute atomic E-state index is 0.0748. The molecule has 0 saturated carbocycles. The molecule has 1 atom stereocenters. The van der Waals surface area contributed by atoms with E-state index in [0.29, 0.717) is 6.54 Å². The summed E-state index contributed by atoms with van der Waals surface area (Å²) < 4.78 is 28.4. The van der Waals surface area contributed by atoms with Crippen molar-refractivity contribution in [2.75, 3.05) is 13.1 Å². The van der Waals surface area contributed by atoms with Crippen LogP contribution >= 0.6 is 0 Å². The Kier molecular flexibility index (Phi) is 4.78. The number of amides is 2. The number of imidazole rings is 1. The number of carbonyl (C=O) groups excluding carboxylic acids is 1. The van der Waals surface area contributed by atoms with Gasteiger partial charge in [0.15, 0.2) is 0 Å². The molecule has 128 valence electrons. The van der Waals surface area contributed by atoms with E-state index in [9.17, 15) is 13.6 Å². The second kappa shape index (κ2) is 6.98. The van der Waals surface area contributed by atoms with Gasteiger partial charge in [-0.1, -0.05) is 30.3 Å². The van der Waals surface area contributed by atoms with Gasteiger partial charge >= 0.3 is 6.03 Å². The van der Waals surface area contributed by atoms with Gasteiger partial charge in [0, 0.05) is 44.9 Å². The molecule has 5 nitrogen and oxygen atoms in total. The normalized spacial score (nSPS) is 18.2. The van der Waals surface area contributed by atoms with Crippen molar-refractivity contribution in [2.45, 2.75) is 31.4 Å². The Bertz CT molecular complexity index is 650. The van der Waals surface area contributed by atoms with Crippen molar-refractivity contribution in [2.24, 2.45) is 0 Å². The summed E-state index contributed by atoms with van der Waals surface area (Å²) in [7, 11) is 0.